The van der Waals surface area contributed by atoms with E-state index in [1.165, 1.54) is 0 Å². The summed E-state index contributed by atoms with van der Waals surface area (Å²) >= 11 is 0. The largest absolute Gasteiger partial charge is 0.496 e. The number of carboxylic acids is 1. The van der Waals surface area contributed by atoms with Crippen LogP contribution in [-0.4, -0.2) is 24.1 Å². The molecule has 2 N–H and O–H groups in total. The Morgan fingerprint density at radius 2 is 1.70 bits per heavy atom. The second-order valence-electron chi connectivity index (χ2n) is 9.75. The van der Waals surface area contributed by atoms with Crippen LogP contribution in [0, 0.1) is 19.8 Å². The molecule has 6 nitrogen and oxygen atoms in total. The van der Waals surface area contributed by atoms with Crippen molar-refractivity contribution in [1.82, 2.24) is 5.32 Å². The van der Waals surface area contributed by atoms with E-state index in [4.69, 9.17) is 9.47 Å². The fourth-order valence-corrected chi connectivity index (χ4v) is 4.45. The molecular formula is C31H37NO5. The predicted molar refractivity (Wildman–Crippen MR) is 145 cm³/mol. The van der Waals surface area contributed by atoms with Crippen molar-refractivity contribution in [3.63, 3.8) is 0 Å². The molecule has 3 aromatic carbocycles. The van der Waals surface area contributed by atoms with Crippen LogP contribution in [0.25, 0.3) is 0 Å². The molecule has 37 heavy (non-hydrogen) atoms. The van der Waals surface area contributed by atoms with Gasteiger partial charge in [-0.25, -0.2) is 0 Å². The molecule has 0 radical (unpaired) electrons. The number of hydrogen-bond donors (Lipinski definition) is 2. The molecule has 3 rings (SSSR count). The number of carbonyl (C=O) groups is 2. The summed E-state index contributed by atoms with van der Waals surface area (Å²) in [5.41, 5.74) is 5.20. The van der Waals surface area contributed by atoms with E-state index < -0.39 is 5.97 Å². The maximum atomic E-state index is 13.7. The zero-order valence-electron chi connectivity index (χ0n) is 22.3. The van der Waals surface area contributed by atoms with E-state index in [1.54, 1.807) is 7.11 Å². The monoisotopic (exact) mass is 503 g/mol. The van der Waals surface area contributed by atoms with Crippen molar-refractivity contribution in [2.45, 2.75) is 59.6 Å². The Morgan fingerprint density at radius 1 is 0.973 bits per heavy atom. The average Bonchev–Trinajstić information content (AvgIpc) is 2.88. The third kappa shape index (κ3) is 7.59. The summed E-state index contributed by atoms with van der Waals surface area (Å²) in [6.45, 7) is 8.63. The van der Waals surface area contributed by atoms with Gasteiger partial charge in [0.1, 0.15) is 18.1 Å². The Labute approximate surface area is 219 Å². The molecule has 3 aromatic rings. The van der Waals surface area contributed by atoms with E-state index in [1.807, 2.05) is 74.5 Å². The van der Waals surface area contributed by atoms with Gasteiger partial charge in [0.2, 0.25) is 0 Å². The second kappa shape index (κ2) is 12.9. The highest BCUT2D eigenvalue weighted by Crippen LogP contribution is 2.31. The number of aryl methyl sites for hydroxylation is 1. The molecule has 196 valence electrons. The fraction of sp³-hybridized carbons (Fsp3) is 0.355. The molecule has 0 aliphatic heterocycles. The number of carbonyl (C=O) groups excluding carboxylic acids is 1. The van der Waals surface area contributed by atoms with Gasteiger partial charge in [-0.15, -0.1) is 0 Å². The normalized spacial score (nSPS) is 11.7. The molecule has 0 saturated carbocycles. The maximum Gasteiger partial charge on any atom is 0.303 e. The molecule has 6 heteroatoms. The zero-order chi connectivity index (χ0) is 26.9. The Bertz CT molecular complexity index is 1220. The van der Waals surface area contributed by atoms with Crippen molar-refractivity contribution in [2.75, 3.05) is 7.11 Å². The van der Waals surface area contributed by atoms with Crippen molar-refractivity contribution in [3.05, 3.63) is 94.0 Å². The minimum atomic E-state index is -0.898. The number of para-hydroxylation sites is 1. The van der Waals surface area contributed by atoms with Crippen LogP contribution in [0.1, 0.15) is 70.9 Å². The summed E-state index contributed by atoms with van der Waals surface area (Å²) in [4.78, 5) is 25.0. The summed E-state index contributed by atoms with van der Waals surface area (Å²) in [7, 11) is 1.65. The topological polar surface area (TPSA) is 84.9 Å². The molecule has 0 saturated heterocycles. The number of ether oxygens (including phenoxy) is 2. The lowest BCUT2D eigenvalue weighted by Crippen LogP contribution is -2.31. The minimum Gasteiger partial charge on any atom is -0.496 e. The van der Waals surface area contributed by atoms with Crippen LogP contribution in [-0.2, 0) is 17.8 Å². The van der Waals surface area contributed by atoms with E-state index in [-0.39, 0.29) is 24.8 Å². The molecule has 0 bridgehead atoms. The molecule has 1 unspecified atom stereocenters. The standard InChI is InChI=1S/C31H37NO5/c1-20(2)17-28(26-14-15-29(36-5)22(4)21(26)3)32-31(35)27-18-23(11-12-24(27)13-16-30(33)34)19-37-25-9-7-6-8-10-25/h6-12,14-15,18,20,28H,13,16-17,19H2,1-5H3,(H,32,35)(H,33,34). The lowest BCUT2D eigenvalue weighted by molar-refractivity contribution is -0.136. The van der Waals surface area contributed by atoms with Crippen molar-refractivity contribution in [2.24, 2.45) is 5.92 Å². The number of rotatable bonds is 12. The molecule has 0 heterocycles. The molecule has 1 amide bonds. The Morgan fingerprint density at radius 3 is 2.35 bits per heavy atom. The first-order valence-corrected chi connectivity index (χ1v) is 12.7. The van der Waals surface area contributed by atoms with E-state index in [2.05, 4.69) is 19.2 Å². The van der Waals surface area contributed by atoms with Crippen molar-refractivity contribution >= 4 is 11.9 Å². The van der Waals surface area contributed by atoms with Crippen molar-refractivity contribution in [3.8, 4) is 11.5 Å². The molecule has 0 fully saturated rings. The van der Waals surface area contributed by atoms with Gasteiger partial charge in [0.25, 0.3) is 5.91 Å². The van der Waals surface area contributed by atoms with Gasteiger partial charge in [-0.05, 0) is 84.7 Å². The summed E-state index contributed by atoms with van der Waals surface area (Å²) in [6.07, 6.45) is 0.986. The highest BCUT2D eigenvalue weighted by Gasteiger charge is 2.22. The quantitative estimate of drug-likeness (QED) is 0.298. The van der Waals surface area contributed by atoms with E-state index >= 15 is 0 Å². The number of nitrogens with one attached hydrogen (secondary N) is 1. The second-order valence-corrected chi connectivity index (χ2v) is 9.75. The van der Waals surface area contributed by atoms with Crippen LogP contribution in [0.3, 0.4) is 0 Å². The van der Waals surface area contributed by atoms with E-state index in [9.17, 15) is 14.7 Å². The van der Waals surface area contributed by atoms with Gasteiger partial charge in [0.05, 0.1) is 13.2 Å². The molecule has 0 aliphatic carbocycles. The molecule has 0 spiro atoms. The van der Waals surface area contributed by atoms with Gasteiger partial charge in [-0.1, -0.05) is 50.2 Å². The zero-order valence-corrected chi connectivity index (χ0v) is 22.3. The summed E-state index contributed by atoms with van der Waals surface area (Å²) in [6, 6.07) is 18.8. The lowest BCUT2D eigenvalue weighted by Gasteiger charge is -2.25. The number of hydrogen-bond acceptors (Lipinski definition) is 4. The van der Waals surface area contributed by atoms with Gasteiger partial charge >= 0.3 is 5.97 Å². The van der Waals surface area contributed by atoms with E-state index in [0.29, 0.717) is 23.7 Å². The van der Waals surface area contributed by atoms with Crippen LogP contribution in [0.15, 0.2) is 60.7 Å². The highest BCUT2D eigenvalue weighted by atomic mass is 16.5. The van der Waals surface area contributed by atoms with Gasteiger partial charge in [0, 0.05) is 12.0 Å². The first kappa shape index (κ1) is 27.8. The number of aliphatic carboxylic acids is 1. The number of carboxylic acid groups (broad SMARTS) is 1. The van der Waals surface area contributed by atoms with E-state index in [0.717, 1.165) is 40.2 Å². The summed E-state index contributed by atoms with van der Waals surface area (Å²) < 4.78 is 11.4. The third-order valence-corrected chi connectivity index (χ3v) is 6.56. The maximum absolute atomic E-state index is 13.7. The van der Waals surface area contributed by atoms with Crippen molar-refractivity contribution in [1.29, 1.82) is 0 Å². The molecule has 1 atom stereocenters. The SMILES string of the molecule is COc1ccc(C(CC(C)C)NC(=O)c2cc(COc3ccccc3)ccc2CCC(=O)O)c(C)c1C. The molecular weight excluding hydrogens is 466 g/mol. The number of amides is 1. The molecule has 0 aliphatic rings. The minimum absolute atomic E-state index is 0.0493. The summed E-state index contributed by atoms with van der Waals surface area (Å²) in [5, 5.41) is 12.5. The fourth-order valence-electron chi connectivity index (χ4n) is 4.45. The Kier molecular flexibility index (Phi) is 9.72. The first-order valence-electron chi connectivity index (χ1n) is 12.7. The third-order valence-electron chi connectivity index (χ3n) is 6.56. The van der Waals surface area contributed by atoms with Crippen LogP contribution >= 0.6 is 0 Å². The van der Waals surface area contributed by atoms with Crippen molar-refractivity contribution < 1.29 is 24.2 Å². The summed E-state index contributed by atoms with van der Waals surface area (Å²) in [5.74, 6) is 0.790. The number of benzene rings is 3. The smallest absolute Gasteiger partial charge is 0.303 e. The highest BCUT2D eigenvalue weighted by molar-refractivity contribution is 5.96. The van der Waals surface area contributed by atoms with Crippen LogP contribution in [0.5, 0.6) is 11.5 Å². The predicted octanol–water partition coefficient (Wildman–Crippen LogP) is 6.43. The van der Waals surface area contributed by atoms with Crippen LogP contribution in [0.4, 0.5) is 0 Å². The Balaban J connectivity index is 1.91. The molecule has 0 aromatic heterocycles. The van der Waals surface area contributed by atoms with Gasteiger partial charge in [0.15, 0.2) is 0 Å². The van der Waals surface area contributed by atoms with Crippen LogP contribution < -0.4 is 14.8 Å². The lowest BCUT2D eigenvalue weighted by atomic mass is 9.90. The van der Waals surface area contributed by atoms with Crippen LogP contribution in [0.2, 0.25) is 0 Å². The van der Waals surface area contributed by atoms with Gasteiger partial charge in [-0.3, -0.25) is 9.59 Å². The Hall–Kier alpha value is -3.80. The van der Waals surface area contributed by atoms with Gasteiger partial charge in [-0.2, -0.15) is 0 Å². The first-order chi connectivity index (χ1) is 17.7. The number of methoxy groups -OCH3 is 1. The van der Waals surface area contributed by atoms with Gasteiger partial charge < -0.3 is 19.9 Å². The average molecular weight is 504 g/mol.